The molecule has 2 rings (SSSR count). The molecule has 0 unspecified atom stereocenters. The summed E-state index contributed by atoms with van der Waals surface area (Å²) in [6, 6.07) is 17.2. The normalized spacial score (nSPS) is 11.2. The fourth-order valence-electron chi connectivity index (χ4n) is 2.27. The molecule has 1 nitrogen and oxygen atoms in total. The second-order valence-electron chi connectivity index (χ2n) is 5.33. The van der Waals surface area contributed by atoms with E-state index in [0.29, 0.717) is 0 Å². The standard InChI is InChI=1S/C21H23N/c1-4-5-6-7-8-16-22(20-14-12-18(2)13-15-20)21-11-9-10-19(3)17-21/h4-15,17H,1,16H2,2-3H3/b6-5-,8-7-. The summed E-state index contributed by atoms with van der Waals surface area (Å²) >= 11 is 0. The molecule has 0 radical (unpaired) electrons. The van der Waals surface area contributed by atoms with Crippen LogP contribution in [0.3, 0.4) is 0 Å². The lowest BCUT2D eigenvalue weighted by Gasteiger charge is -2.24. The van der Waals surface area contributed by atoms with Crippen molar-refractivity contribution in [2.24, 2.45) is 0 Å². The molecule has 112 valence electrons. The van der Waals surface area contributed by atoms with Gasteiger partial charge >= 0.3 is 0 Å². The van der Waals surface area contributed by atoms with Crippen LogP contribution in [0.5, 0.6) is 0 Å². The molecule has 0 aliphatic carbocycles. The minimum atomic E-state index is 0.827. The van der Waals surface area contributed by atoms with E-state index in [-0.39, 0.29) is 0 Å². The average molecular weight is 289 g/mol. The summed E-state index contributed by atoms with van der Waals surface area (Å²) in [4.78, 5) is 2.31. The second-order valence-corrected chi connectivity index (χ2v) is 5.33. The van der Waals surface area contributed by atoms with Crippen LogP contribution in [0.2, 0.25) is 0 Å². The summed E-state index contributed by atoms with van der Waals surface area (Å²) in [6.45, 7) is 8.74. The highest BCUT2D eigenvalue weighted by molar-refractivity contribution is 5.64. The van der Waals surface area contributed by atoms with E-state index < -0.39 is 0 Å². The highest BCUT2D eigenvalue weighted by Gasteiger charge is 2.07. The zero-order chi connectivity index (χ0) is 15.8. The highest BCUT2D eigenvalue weighted by Crippen LogP contribution is 2.26. The Morgan fingerprint density at radius 1 is 0.864 bits per heavy atom. The maximum Gasteiger partial charge on any atom is 0.0416 e. The Morgan fingerprint density at radius 3 is 2.32 bits per heavy atom. The molecule has 0 heterocycles. The molecule has 0 fully saturated rings. The minimum absolute atomic E-state index is 0.827. The Hall–Kier alpha value is -2.54. The van der Waals surface area contributed by atoms with E-state index in [1.807, 2.05) is 12.2 Å². The van der Waals surface area contributed by atoms with Crippen molar-refractivity contribution in [1.29, 1.82) is 0 Å². The number of anilines is 2. The summed E-state index contributed by atoms with van der Waals surface area (Å²) in [7, 11) is 0. The lowest BCUT2D eigenvalue weighted by Crippen LogP contribution is -2.16. The van der Waals surface area contributed by atoms with Crippen molar-refractivity contribution in [1.82, 2.24) is 0 Å². The van der Waals surface area contributed by atoms with Gasteiger partial charge in [0.15, 0.2) is 0 Å². The zero-order valence-corrected chi connectivity index (χ0v) is 13.4. The summed E-state index contributed by atoms with van der Waals surface area (Å²) in [6.07, 6.45) is 9.92. The molecule has 0 aliphatic heterocycles. The van der Waals surface area contributed by atoms with E-state index in [0.717, 1.165) is 6.54 Å². The van der Waals surface area contributed by atoms with Crippen LogP contribution in [0.15, 0.2) is 85.5 Å². The molecule has 2 aromatic rings. The van der Waals surface area contributed by atoms with Crippen LogP contribution in [-0.4, -0.2) is 6.54 Å². The first-order valence-electron chi connectivity index (χ1n) is 7.56. The highest BCUT2D eigenvalue weighted by atomic mass is 15.1. The van der Waals surface area contributed by atoms with Gasteiger partial charge in [0.2, 0.25) is 0 Å². The largest absolute Gasteiger partial charge is 0.338 e. The molecule has 0 aromatic heterocycles. The summed E-state index contributed by atoms with van der Waals surface area (Å²) in [5.41, 5.74) is 4.96. The number of rotatable bonds is 6. The molecule has 0 saturated heterocycles. The molecular formula is C21H23N. The first-order chi connectivity index (χ1) is 10.7. The number of hydrogen-bond acceptors (Lipinski definition) is 1. The lowest BCUT2D eigenvalue weighted by atomic mass is 10.1. The zero-order valence-electron chi connectivity index (χ0n) is 13.4. The predicted octanol–water partition coefficient (Wildman–Crippen LogP) is 5.74. The van der Waals surface area contributed by atoms with Crippen LogP contribution in [0, 0.1) is 13.8 Å². The number of nitrogens with zero attached hydrogens (tertiary/aromatic N) is 1. The van der Waals surface area contributed by atoms with Gasteiger partial charge in [0.05, 0.1) is 0 Å². The molecule has 1 heteroatoms. The monoisotopic (exact) mass is 289 g/mol. The van der Waals surface area contributed by atoms with Crippen molar-refractivity contribution in [3.8, 4) is 0 Å². The van der Waals surface area contributed by atoms with Crippen molar-refractivity contribution in [2.75, 3.05) is 11.4 Å². The quantitative estimate of drug-likeness (QED) is 0.613. The van der Waals surface area contributed by atoms with Crippen LogP contribution >= 0.6 is 0 Å². The lowest BCUT2D eigenvalue weighted by molar-refractivity contribution is 1.09. The van der Waals surface area contributed by atoms with E-state index in [1.165, 1.54) is 22.5 Å². The van der Waals surface area contributed by atoms with Gasteiger partial charge in [-0.3, -0.25) is 0 Å². The Kier molecular flexibility index (Phi) is 5.79. The van der Waals surface area contributed by atoms with Crippen molar-refractivity contribution in [3.05, 3.63) is 96.6 Å². The van der Waals surface area contributed by atoms with Gasteiger partial charge in [-0.2, -0.15) is 0 Å². The Morgan fingerprint density at radius 2 is 1.64 bits per heavy atom. The van der Waals surface area contributed by atoms with E-state index >= 15 is 0 Å². The topological polar surface area (TPSA) is 3.24 Å². The molecule has 0 spiro atoms. The number of aryl methyl sites for hydroxylation is 2. The van der Waals surface area contributed by atoms with Gasteiger partial charge in [0.25, 0.3) is 0 Å². The smallest absolute Gasteiger partial charge is 0.0416 e. The third kappa shape index (κ3) is 4.49. The number of allylic oxidation sites excluding steroid dienone is 4. The van der Waals surface area contributed by atoms with Gasteiger partial charge in [-0.1, -0.05) is 66.8 Å². The van der Waals surface area contributed by atoms with Gasteiger partial charge in [-0.05, 0) is 43.7 Å². The van der Waals surface area contributed by atoms with Crippen LogP contribution in [-0.2, 0) is 0 Å². The molecular weight excluding hydrogens is 266 g/mol. The third-order valence-corrected chi connectivity index (χ3v) is 3.44. The van der Waals surface area contributed by atoms with Crippen LogP contribution in [0.25, 0.3) is 0 Å². The fraction of sp³-hybridized carbons (Fsp3) is 0.143. The van der Waals surface area contributed by atoms with Gasteiger partial charge in [0.1, 0.15) is 0 Å². The SMILES string of the molecule is C=C/C=C\C=C/CN(c1ccc(C)cc1)c1cccc(C)c1. The molecule has 0 amide bonds. The first kappa shape index (κ1) is 15.8. The molecule has 0 bridgehead atoms. The Bertz CT molecular complexity index is 663. The molecule has 0 atom stereocenters. The first-order valence-corrected chi connectivity index (χ1v) is 7.56. The van der Waals surface area contributed by atoms with E-state index in [4.69, 9.17) is 0 Å². The third-order valence-electron chi connectivity index (χ3n) is 3.44. The maximum absolute atomic E-state index is 3.68. The van der Waals surface area contributed by atoms with Crippen LogP contribution in [0.1, 0.15) is 11.1 Å². The number of hydrogen-bond donors (Lipinski definition) is 0. The van der Waals surface area contributed by atoms with Gasteiger partial charge in [0, 0.05) is 17.9 Å². The predicted molar refractivity (Wildman–Crippen MR) is 97.8 cm³/mol. The van der Waals surface area contributed by atoms with Gasteiger partial charge in [-0.25, -0.2) is 0 Å². The fourth-order valence-corrected chi connectivity index (χ4v) is 2.27. The van der Waals surface area contributed by atoms with Crippen molar-refractivity contribution in [3.63, 3.8) is 0 Å². The summed E-state index contributed by atoms with van der Waals surface area (Å²) < 4.78 is 0. The van der Waals surface area contributed by atoms with Crippen LogP contribution in [0.4, 0.5) is 11.4 Å². The van der Waals surface area contributed by atoms with E-state index in [9.17, 15) is 0 Å². The van der Waals surface area contributed by atoms with E-state index in [1.54, 1.807) is 6.08 Å². The molecule has 22 heavy (non-hydrogen) atoms. The van der Waals surface area contributed by atoms with E-state index in [2.05, 4.69) is 86.0 Å². The van der Waals surface area contributed by atoms with Crippen LogP contribution < -0.4 is 4.90 Å². The molecule has 0 N–H and O–H groups in total. The summed E-state index contributed by atoms with van der Waals surface area (Å²) in [5.74, 6) is 0. The van der Waals surface area contributed by atoms with Gasteiger partial charge < -0.3 is 4.90 Å². The second kappa shape index (κ2) is 8.04. The van der Waals surface area contributed by atoms with Gasteiger partial charge in [-0.15, -0.1) is 0 Å². The Balaban J connectivity index is 2.27. The Labute approximate surface area is 133 Å². The van der Waals surface area contributed by atoms with Crippen molar-refractivity contribution in [2.45, 2.75) is 13.8 Å². The molecule has 0 saturated carbocycles. The maximum atomic E-state index is 3.68. The number of benzene rings is 2. The summed E-state index contributed by atoms with van der Waals surface area (Å²) in [5, 5.41) is 0. The minimum Gasteiger partial charge on any atom is -0.338 e. The average Bonchev–Trinajstić information content (AvgIpc) is 2.52. The van der Waals surface area contributed by atoms with Crippen molar-refractivity contribution >= 4 is 11.4 Å². The molecule has 2 aromatic carbocycles. The van der Waals surface area contributed by atoms with Crippen molar-refractivity contribution < 1.29 is 0 Å². The molecule has 0 aliphatic rings.